The first-order chi connectivity index (χ1) is 23.7. The van der Waals surface area contributed by atoms with Gasteiger partial charge < -0.3 is 34.9 Å². The molecule has 2 aliphatic heterocycles. The molecule has 3 fully saturated rings. The van der Waals surface area contributed by atoms with Crippen molar-refractivity contribution in [3.05, 3.63) is 36.4 Å². The van der Waals surface area contributed by atoms with Crippen molar-refractivity contribution in [1.82, 2.24) is 20.5 Å². The van der Waals surface area contributed by atoms with Crippen molar-refractivity contribution in [1.29, 1.82) is 0 Å². The van der Waals surface area contributed by atoms with E-state index in [4.69, 9.17) is 19.2 Å². The van der Waals surface area contributed by atoms with Crippen LogP contribution in [0.25, 0.3) is 10.9 Å². The van der Waals surface area contributed by atoms with Gasteiger partial charge in [0, 0.05) is 28.7 Å². The summed E-state index contributed by atoms with van der Waals surface area (Å²) in [6.07, 6.45) is 11.9. The molecule has 0 unspecified atom stereocenters. The van der Waals surface area contributed by atoms with Crippen LogP contribution in [0.15, 0.2) is 41.3 Å². The number of nitrogens with one attached hydrogen (secondary N) is 2. The molecule has 3 heterocycles. The number of para-hydroxylation sites is 1. The summed E-state index contributed by atoms with van der Waals surface area (Å²) in [5, 5.41) is 16.6. The Balaban J connectivity index is 1.30. The zero-order chi connectivity index (χ0) is 34.5. The van der Waals surface area contributed by atoms with Crippen LogP contribution in [0.1, 0.15) is 77.6 Å². The lowest BCUT2D eigenvalue weighted by Gasteiger charge is -2.29. The Hall–Kier alpha value is -4.00. The minimum absolute atomic E-state index is 0.0617. The Labute approximate surface area is 290 Å². The number of carbonyl (C=O) groups excluding carboxylic acids is 3. The number of rotatable bonds is 8. The molecule has 0 radical (unpaired) electrons. The molecule has 0 spiro atoms. The summed E-state index contributed by atoms with van der Waals surface area (Å²) in [5.41, 5.74) is -0.703. The number of carboxylic acids is 1. The predicted molar refractivity (Wildman–Crippen MR) is 184 cm³/mol. The summed E-state index contributed by atoms with van der Waals surface area (Å²) in [5.74, 6) is -1.50. The van der Waals surface area contributed by atoms with Crippen molar-refractivity contribution in [2.45, 2.75) is 112 Å². The molecule has 2 saturated carbocycles. The van der Waals surface area contributed by atoms with Crippen molar-refractivity contribution >= 4 is 46.5 Å². The average Bonchev–Trinajstić information content (AvgIpc) is 3.36. The van der Waals surface area contributed by atoms with E-state index in [0.717, 1.165) is 60.7 Å². The number of carbonyl (C=O) groups is 4. The normalized spacial score (nSPS) is 27.8. The van der Waals surface area contributed by atoms with Crippen LogP contribution in [0.3, 0.4) is 0 Å². The lowest BCUT2D eigenvalue weighted by Crippen LogP contribution is -2.56. The highest BCUT2D eigenvalue weighted by atomic mass is 32.2. The van der Waals surface area contributed by atoms with Gasteiger partial charge in [0.15, 0.2) is 0 Å². The second-order valence-electron chi connectivity index (χ2n) is 13.4. The molecular formula is C36H46N4O8S. The third-order valence-electron chi connectivity index (χ3n) is 10.0. The maximum atomic E-state index is 14.4. The quantitative estimate of drug-likeness (QED) is 0.247. The minimum Gasteiger partial charge on any atom is -0.488 e. The fraction of sp³-hybridized carbons (Fsp3) is 0.583. The van der Waals surface area contributed by atoms with E-state index >= 15 is 0 Å². The first-order valence-corrected chi connectivity index (χ1v) is 18.7. The number of aromatic nitrogens is 1. The Morgan fingerprint density at radius 2 is 1.92 bits per heavy atom. The number of thioether (sulfide) groups is 1. The van der Waals surface area contributed by atoms with E-state index in [1.807, 2.05) is 43.5 Å². The highest BCUT2D eigenvalue weighted by Gasteiger charge is 2.61. The highest BCUT2D eigenvalue weighted by molar-refractivity contribution is 7.98. The van der Waals surface area contributed by atoms with Crippen LogP contribution in [0.2, 0.25) is 0 Å². The molecule has 12 nitrogen and oxygen atoms in total. The molecule has 1 saturated heterocycles. The maximum Gasteiger partial charge on any atom is 0.408 e. The highest BCUT2D eigenvalue weighted by Crippen LogP contribution is 2.45. The summed E-state index contributed by atoms with van der Waals surface area (Å²) >= 11 is 1.55. The molecular weight excluding hydrogens is 648 g/mol. The summed E-state index contributed by atoms with van der Waals surface area (Å²) in [6.45, 7) is 2.34. The average molecular weight is 695 g/mol. The topological polar surface area (TPSA) is 156 Å². The largest absolute Gasteiger partial charge is 0.488 e. The van der Waals surface area contributed by atoms with E-state index in [2.05, 4.69) is 10.6 Å². The van der Waals surface area contributed by atoms with Crippen LogP contribution in [-0.2, 0) is 19.1 Å². The van der Waals surface area contributed by atoms with Gasteiger partial charge >= 0.3 is 12.1 Å². The van der Waals surface area contributed by atoms with Gasteiger partial charge in [0.05, 0.1) is 18.7 Å². The molecule has 264 valence electrons. The predicted octanol–water partition coefficient (Wildman–Crippen LogP) is 5.22. The van der Waals surface area contributed by atoms with Crippen LogP contribution in [0.4, 0.5) is 4.79 Å². The monoisotopic (exact) mass is 694 g/mol. The standard InChI is InChI=1S/C36H46N4O8S/c1-3-46-30-19-28(25-15-11-17-29(49-2)31(25)38-30)47-24-18-27-32(41)39-36(34(43)44)20-22(36)12-7-5-4-6-8-16-26(33(42)40(27)21-24)37-35(45)48-23-13-9-10-14-23/h7,11-12,15,17,19,22-24,26-27H,3-6,8-10,13-14,16,18,20-21H2,1-2H3,(H,37,45)(H,39,41)(H,43,44)/t22-,24-,26+,27+,36-/m1/s1. The first kappa shape index (κ1) is 34.8. The SMILES string of the molecule is CCOc1cc(O[C@@H]2C[C@H]3C(=O)N[C@]4(C(=O)O)C[C@H]4C=CCCCCC[C@H](NC(=O)OC4CCCC4)C(=O)N3C2)c2cccc(SC)c2n1. The molecule has 2 aliphatic carbocycles. The maximum absolute atomic E-state index is 14.4. The Kier molecular flexibility index (Phi) is 10.9. The van der Waals surface area contributed by atoms with Crippen molar-refractivity contribution in [3.63, 3.8) is 0 Å². The molecule has 1 aromatic carbocycles. The second-order valence-corrected chi connectivity index (χ2v) is 14.2. The summed E-state index contributed by atoms with van der Waals surface area (Å²) in [7, 11) is 0. The lowest BCUT2D eigenvalue weighted by atomic mass is 10.0. The van der Waals surface area contributed by atoms with Gasteiger partial charge in [-0.05, 0) is 76.7 Å². The number of aliphatic carboxylic acids is 1. The van der Waals surface area contributed by atoms with Crippen LogP contribution >= 0.6 is 11.8 Å². The zero-order valence-electron chi connectivity index (χ0n) is 28.2. The number of amides is 3. The number of ether oxygens (including phenoxy) is 3. The summed E-state index contributed by atoms with van der Waals surface area (Å²) in [4.78, 5) is 61.0. The number of nitrogens with zero attached hydrogens (tertiary/aromatic N) is 2. The lowest BCUT2D eigenvalue weighted by molar-refractivity contribution is -0.145. The van der Waals surface area contributed by atoms with E-state index in [1.165, 1.54) is 4.90 Å². The van der Waals surface area contributed by atoms with E-state index in [-0.39, 0.29) is 31.4 Å². The zero-order valence-corrected chi connectivity index (χ0v) is 29.0. The second kappa shape index (κ2) is 15.3. The molecule has 3 amide bonds. The Morgan fingerprint density at radius 3 is 2.67 bits per heavy atom. The molecule has 2 aromatic rings. The fourth-order valence-corrected chi connectivity index (χ4v) is 7.88. The summed E-state index contributed by atoms with van der Waals surface area (Å²) in [6, 6.07) is 5.59. The number of hydrogen-bond acceptors (Lipinski definition) is 9. The molecule has 49 heavy (non-hydrogen) atoms. The Morgan fingerprint density at radius 1 is 1.12 bits per heavy atom. The minimum atomic E-state index is -1.42. The van der Waals surface area contributed by atoms with Gasteiger partial charge in [-0.3, -0.25) is 9.59 Å². The number of benzene rings is 1. The van der Waals surface area contributed by atoms with Gasteiger partial charge in [-0.1, -0.05) is 31.1 Å². The van der Waals surface area contributed by atoms with Gasteiger partial charge in [-0.25, -0.2) is 14.6 Å². The van der Waals surface area contributed by atoms with E-state index in [0.29, 0.717) is 31.1 Å². The Bertz CT molecular complexity index is 1600. The van der Waals surface area contributed by atoms with Crippen LogP contribution in [-0.4, -0.2) is 88.1 Å². The molecule has 3 N–H and O–H groups in total. The number of fused-ring (bicyclic) bond motifs is 3. The van der Waals surface area contributed by atoms with Gasteiger partial charge in [0.2, 0.25) is 17.7 Å². The van der Waals surface area contributed by atoms with E-state index < -0.39 is 47.6 Å². The van der Waals surface area contributed by atoms with Crippen molar-refractivity contribution in [2.75, 3.05) is 19.4 Å². The molecule has 1 aromatic heterocycles. The molecule has 0 bridgehead atoms. The van der Waals surface area contributed by atoms with Crippen LogP contribution < -0.4 is 20.1 Å². The van der Waals surface area contributed by atoms with E-state index in [9.17, 15) is 24.3 Å². The van der Waals surface area contributed by atoms with Crippen LogP contribution in [0, 0.1) is 5.92 Å². The van der Waals surface area contributed by atoms with Gasteiger partial charge in [-0.15, -0.1) is 11.8 Å². The number of pyridine rings is 1. The molecule has 5 atom stereocenters. The van der Waals surface area contributed by atoms with Crippen molar-refractivity contribution in [2.24, 2.45) is 5.92 Å². The smallest absolute Gasteiger partial charge is 0.408 e. The van der Waals surface area contributed by atoms with Gasteiger partial charge in [0.1, 0.15) is 35.6 Å². The third-order valence-corrected chi connectivity index (χ3v) is 10.8. The molecule has 13 heteroatoms. The van der Waals surface area contributed by atoms with E-state index in [1.54, 1.807) is 17.8 Å². The van der Waals surface area contributed by atoms with Crippen molar-refractivity contribution < 1.29 is 38.5 Å². The fourth-order valence-electron chi connectivity index (χ4n) is 7.31. The number of alkyl carbamates (subject to hydrolysis) is 1. The van der Waals surface area contributed by atoms with Gasteiger partial charge in [0.25, 0.3) is 0 Å². The third kappa shape index (κ3) is 7.76. The van der Waals surface area contributed by atoms with Gasteiger partial charge in [-0.2, -0.15) is 0 Å². The number of carboxylic acid groups (broad SMARTS) is 1. The number of allylic oxidation sites excluding steroid dienone is 1. The van der Waals surface area contributed by atoms with Crippen LogP contribution in [0.5, 0.6) is 11.6 Å². The first-order valence-electron chi connectivity index (χ1n) is 17.5. The van der Waals surface area contributed by atoms with Crippen molar-refractivity contribution in [3.8, 4) is 11.6 Å². The molecule has 4 aliphatic rings. The molecule has 6 rings (SSSR count). The summed E-state index contributed by atoms with van der Waals surface area (Å²) < 4.78 is 18.0. The number of hydrogen-bond donors (Lipinski definition) is 3.